The SMILES string of the molecule is CC(C)Cc1nnc(C(C)N(C)CC2CCCC2O)o1. The minimum absolute atomic E-state index is 0.0937. The zero-order valence-corrected chi connectivity index (χ0v) is 13.0. The van der Waals surface area contributed by atoms with Gasteiger partial charge in [0.25, 0.3) is 0 Å². The van der Waals surface area contributed by atoms with Gasteiger partial charge >= 0.3 is 0 Å². The summed E-state index contributed by atoms with van der Waals surface area (Å²) in [6, 6.07) is 0.0937. The van der Waals surface area contributed by atoms with Crippen LogP contribution >= 0.6 is 0 Å². The average Bonchev–Trinajstić information content (AvgIpc) is 2.98. The van der Waals surface area contributed by atoms with Gasteiger partial charge in [0.05, 0.1) is 12.1 Å². The molecule has 1 aliphatic carbocycles. The standard InChI is InChI=1S/C15H27N3O2/c1-10(2)8-14-16-17-15(20-14)11(3)18(4)9-12-6-5-7-13(12)19/h10-13,19H,5-9H2,1-4H3. The predicted octanol–water partition coefficient (Wildman–Crippen LogP) is 2.42. The lowest BCUT2D eigenvalue weighted by Crippen LogP contribution is -2.32. The summed E-state index contributed by atoms with van der Waals surface area (Å²) in [5.74, 6) is 2.29. The molecule has 0 bridgehead atoms. The highest BCUT2D eigenvalue weighted by Crippen LogP contribution is 2.28. The highest BCUT2D eigenvalue weighted by molar-refractivity contribution is 4.90. The van der Waals surface area contributed by atoms with Crippen LogP contribution in [-0.2, 0) is 6.42 Å². The van der Waals surface area contributed by atoms with E-state index in [4.69, 9.17) is 4.42 Å². The molecule has 0 aliphatic heterocycles. The van der Waals surface area contributed by atoms with Crippen molar-refractivity contribution in [1.29, 1.82) is 0 Å². The molecule has 114 valence electrons. The van der Waals surface area contributed by atoms with E-state index in [-0.39, 0.29) is 12.1 Å². The number of aliphatic hydroxyl groups is 1. The summed E-state index contributed by atoms with van der Waals surface area (Å²) >= 11 is 0. The van der Waals surface area contributed by atoms with Crippen molar-refractivity contribution in [2.45, 2.75) is 58.6 Å². The first-order chi connectivity index (χ1) is 9.47. The van der Waals surface area contributed by atoms with E-state index in [1.807, 2.05) is 0 Å². The number of rotatable bonds is 6. The summed E-state index contributed by atoms with van der Waals surface area (Å²) in [5.41, 5.74) is 0. The smallest absolute Gasteiger partial charge is 0.233 e. The van der Waals surface area contributed by atoms with E-state index >= 15 is 0 Å². The van der Waals surface area contributed by atoms with Crippen LogP contribution in [-0.4, -0.2) is 39.9 Å². The Morgan fingerprint density at radius 3 is 2.65 bits per heavy atom. The number of aliphatic hydroxyl groups excluding tert-OH is 1. The normalized spacial score (nSPS) is 24.8. The molecule has 1 saturated carbocycles. The van der Waals surface area contributed by atoms with Crippen molar-refractivity contribution in [3.63, 3.8) is 0 Å². The van der Waals surface area contributed by atoms with Gasteiger partial charge in [-0.3, -0.25) is 4.90 Å². The molecule has 1 N–H and O–H groups in total. The first kappa shape index (κ1) is 15.4. The molecule has 5 nitrogen and oxygen atoms in total. The minimum Gasteiger partial charge on any atom is -0.424 e. The lowest BCUT2D eigenvalue weighted by atomic mass is 10.0. The van der Waals surface area contributed by atoms with Gasteiger partial charge in [0, 0.05) is 13.0 Å². The number of aromatic nitrogens is 2. The van der Waals surface area contributed by atoms with Crippen molar-refractivity contribution < 1.29 is 9.52 Å². The summed E-state index contributed by atoms with van der Waals surface area (Å²) in [4.78, 5) is 2.20. The molecule has 2 rings (SSSR count). The maximum Gasteiger partial charge on any atom is 0.233 e. The van der Waals surface area contributed by atoms with Crippen LogP contribution in [0.25, 0.3) is 0 Å². The van der Waals surface area contributed by atoms with Gasteiger partial charge in [0.15, 0.2) is 0 Å². The van der Waals surface area contributed by atoms with Crippen molar-refractivity contribution >= 4 is 0 Å². The zero-order chi connectivity index (χ0) is 14.7. The Hall–Kier alpha value is -0.940. The lowest BCUT2D eigenvalue weighted by molar-refractivity contribution is 0.0941. The van der Waals surface area contributed by atoms with Gasteiger partial charge in [-0.25, -0.2) is 0 Å². The highest BCUT2D eigenvalue weighted by atomic mass is 16.4. The molecular weight excluding hydrogens is 254 g/mol. The molecule has 3 unspecified atom stereocenters. The van der Waals surface area contributed by atoms with Gasteiger partial charge in [-0.15, -0.1) is 10.2 Å². The van der Waals surface area contributed by atoms with E-state index in [9.17, 15) is 5.11 Å². The number of hydrogen-bond donors (Lipinski definition) is 1. The Morgan fingerprint density at radius 2 is 2.05 bits per heavy atom. The van der Waals surface area contributed by atoms with Gasteiger partial charge in [0.1, 0.15) is 0 Å². The van der Waals surface area contributed by atoms with Gasteiger partial charge in [-0.05, 0) is 38.6 Å². The fourth-order valence-electron chi connectivity index (χ4n) is 2.81. The van der Waals surface area contributed by atoms with Crippen molar-refractivity contribution in [2.24, 2.45) is 11.8 Å². The summed E-state index contributed by atoms with van der Waals surface area (Å²) in [6.45, 7) is 7.24. The first-order valence-electron chi connectivity index (χ1n) is 7.68. The molecule has 20 heavy (non-hydrogen) atoms. The van der Waals surface area contributed by atoms with Gasteiger partial charge in [0.2, 0.25) is 11.8 Å². The monoisotopic (exact) mass is 281 g/mol. The van der Waals surface area contributed by atoms with E-state index < -0.39 is 0 Å². The third kappa shape index (κ3) is 3.79. The van der Waals surface area contributed by atoms with Crippen molar-refractivity contribution in [3.05, 3.63) is 11.8 Å². The van der Waals surface area contributed by atoms with Crippen LogP contribution < -0.4 is 0 Å². The van der Waals surface area contributed by atoms with Crippen LogP contribution in [0.2, 0.25) is 0 Å². The number of hydrogen-bond acceptors (Lipinski definition) is 5. The van der Waals surface area contributed by atoms with Crippen LogP contribution in [0.5, 0.6) is 0 Å². The van der Waals surface area contributed by atoms with E-state index in [1.54, 1.807) is 0 Å². The van der Waals surface area contributed by atoms with Crippen molar-refractivity contribution in [2.75, 3.05) is 13.6 Å². The van der Waals surface area contributed by atoms with Crippen molar-refractivity contribution in [3.8, 4) is 0 Å². The van der Waals surface area contributed by atoms with E-state index in [0.717, 1.165) is 38.1 Å². The summed E-state index contributed by atoms with van der Waals surface area (Å²) in [6.07, 6.45) is 3.86. The van der Waals surface area contributed by atoms with Crippen LogP contribution in [0.4, 0.5) is 0 Å². The molecule has 0 radical (unpaired) electrons. The minimum atomic E-state index is -0.149. The first-order valence-corrected chi connectivity index (χ1v) is 7.68. The van der Waals surface area contributed by atoms with Gasteiger partial charge in [-0.1, -0.05) is 20.3 Å². The maximum absolute atomic E-state index is 9.92. The van der Waals surface area contributed by atoms with Crippen LogP contribution in [0.3, 0.4) is 0 Å². The Bertz CT molecular complexity index is 419. The quantitative estimate of drug-likeness (QED) is 0.867. The Labute approximate surface area is 121 Å². The highest BCUT2D eigenvalue weighted by Gasteiger charge is 2.28. The molecule has 3 atom stereocenters. The molecule has 1 aliphatic rings. The van der Waals surface area contributed by atoms with E-state index in [1.165, 1.54) is 0 Å². The van der Waals surface area contributed by atoms with Crippen molar-refractivity contribution in [1.82, 2.24) is 15.1 Å². The zero-order valence-electron chi connectivity index (χ0n) is 13.0. The second-order valence-electron chi connectivity index (χ2n) is 6.51. The molecule has 0 aromatic carbocycles. The molecule has 1 heterocycles. The van der Waals surface area contributed by atoms with Crippen LogP contribution in [0.15, 0.2) is 4.42 Å². The second kappa shape index (κ2) is 6.68. The topological polar surface area (TPSA) is 62.4 Å². The molecule has 0 saturated heterocycles. The second-order valence-corrected chi connectivity index (χ2v) is 6.51. The molecule has 0 spiro atoms. The Balaban J connectivity index is 1.92. The van der Waals surface area contributed by atoms with E-state index in [0.29, 0.717) is 17.7 Å². The predicted molar refractivity (Wildman–Crippen MR) is 77.2 cm³/mol. The molecule has 1 fully saturated rings. The molecule has 5 heteroatoms. The average molecular weight is 281 g/mol. The Kier molecular flexibility index (Phi) is 5.16. The summed E-state index contributed by atoms with van der Waals surface area (Å²) < 4.78 is 5.74. The molecule has 1 aromatic heterocycles. The van der Waals surface area contributed by atoms with Crippen LogP contribution in [0.1, 0.15) is 57.9 Å². The van der Waals surface area contributed by atoms with Crippen LogP contribution in [0, 0.1) is 11.8 Å². The van der Waals surface area contributed by atoms with Gasteiger partial charge < -0.3 is 9.52 Å². The number of nitrogens with zero attached hydrogens (tertiary/aromatic N) is 3. The lowest BCUT2D eigenvalue weighted by Gasteiger charge is -2.26. The van der Waals surface area contributed by atoms with E-state index in [2.05, 4.69) is 42.9 Å². The molecule has 1 aromatic rings. The fourth-order valence-corrected chi connectivity index (χ4v) is 2.81. The fraction of sp³-hybridized carbons (Fsp3) is 0.867. The molecule has 0 amide bonds. The van der Waals surface area contributed by atoms with Gasteiger partial charge in [-0.2, -0.15) is 0 Å². The Morgan fingerprint density at radius 1 is 1.30 bits per heavy atom. The summed E-state index contributed by atoms with van der Waals surface area (Å²) in [5, 5.41) is 18.2. The summed E-state index contributed by atoms with van der Waals surface area (Å²) in [7, 11) is 2.06. The molecular formula is C15H27N3O2. The largest absolute Gasteiger partial charge is 0.424 e. The third-order valence-electron chi connectivity index (χ3n) is 4.23. The third-order valence-corrected chi connectivity index (χ3v) is 4.23. The maximum atomic E-state index is 9.92.